The van der Waals surface area contributed by atoms with Crippen LogP contribution in [0.2, 0.25) is 0 Å². The van der Waals surface area contributed by atoms with Crippen LogP contribution in [0.4, 0.5) is 0 Å². The van der Waals surface area contributed by atoms with Gasteiger partial charge in [0.05, 0.1) is 6.10 Å². The highest BCUT2D eigenvalue weighted by molar-refractivity contribution is 4.83. The van der Waals surface area contributed by atoms with Crippen LogP contribution in [0, 0.1) is 5.92 Å². The zero-order chi connectivity index (χ0) is 8.97. The maximum Gasteiger partial charge on any atom is 0.0616 e. The van der Waals surface area contributed by atoms with Crippen LogP contribution in [-0.2, 0) is 4.74 Å². The first-order valence-corrected chi connectivity index (χ1v) is 4.91. The van der Waals surface area contributed by atoms with Crippen molar-refractivity contribution in [1.82, 2.24) is 5.43 Å². The molecule has 0 saturated carbocycles. The maximum absolute atomic E-state index is 5.60. The lowest BCUT2D eigenvalue weighted by atomic mass is 9.90. The Morgan fingerprint density at radius 1 is 1.58 bits per heavy atom. The molecule has 1 fully saturated rings. The average molecular weight is 172 g/mol. The number of ether oxygens (including phenoxy) is 1. The molecule has 1 aliphatic heterocycles. The van der Waals surface area contributed by atoms with Crippen molar-refractivity contribution in [2.75, 3.05) is 6.61 Å². The summed E-state index contributed by atoms with van der Waals surface area (Å²) in [5, 5.41) is 0. The van der Waals surface area contributed by atoms with E-state index in [9.17, 15) is 0 Å². The van der Waals surface area contributed by atoms with E-state index in [1.54, 1.807) is 0 Å². The number of nitrogens with one attached hydrogen (secondary N) is 1. The second kappa shape index (κ2) is 4.80. The Kier molecular flexibility index (Phi) is 3.98. The summed E-state index contributed by atoms with van der Waals surface area (Å²) in [6.45, 7) is 5.24. The van der Waals surface area contributed by atoms with Crippen LogP contribution in [0.25, 0.3) is 0 Å². The van der Waals surface area contributed by atoms with Crippen molar-refractivity contribution >= 4 is 0 Å². The van der Waals surface area contributed by atoms with Crippen LogP contribution in [0.3, 0.4) is 0 Å². The van der Waals surface area contributed by atoms with Crippen molar-refractivity contribution in [3.05, 3.63) is 0 Å². The van der Waals surface area contributed by atoms with E-state index in [1.807, 2.05) is 0 Å². The van der Waals surface area contributed by atoms with Crippen LogP contribution in [0.15, 0.2) is 0 Å². The van der Waals surface area contributed by atoms with E-state index in [4.69, 9.17) is 10.6 Å². The van der Waals surface area contributed by atoms with Gasteiger partial charge in [-0.15, -0.1) is 0 Å². The molecule has 0 aliphatic carbocycles. The van der Waals surface area contributed by atoms with E-state index in [0.29, 0.717) is 18.1 Å². The largest absolute Gasteiger partial charge is 0.378 e. The van der Waals surface area contributed by atoms with Gasteiger partial charge < -0.3 is 4.74 Å². The van der Waals surface area contributed by atoms with Crippen molar-refractivity contribution in [1.29, 1.82) is 0 Å². The van der Waals surface area contributed by atoms with Gasteiger partial charge in [-0.3, -0.25) is 11.3 Å². The third-order valence-corrected chi connectivity index (χ3v) is 2.83. The second-order valence-electron chi connectivity index (χ2n) is 3.45. The van der Waals surface area contributed by atoms with Crippen LogP contribution >= 0.6 is 0 Å². The van der Waals surface area contributed by atoms with E-state index >= 15 is 0 Å². The fourth-order valence-electron chi connectivity index (χ4n) is 2.09. The van der Waals surface area contributed by atoms with Crippen molar-refractivity contribution in [3.8, 4) is 0 Å². The predicted octanol–water partition coefficient (Wildman–Crippen LogP) is 1.04. The molecule has 3 N–H and O–H groups in total. The highest BCUT2D eigenvalue weighted by Gasteiger charge is 2.31. The van der Waals surface area contributed by atoms with Gasteiger partial charge in [-0.2, -0.15) is 0 Å². The number of rotatable bonds is 4. The minimum absolute atomic E-state index is 0.422. The summed E-state index contributed by atoms with van der Waals surface area (Å²) >= 11 is 0. The second-order valence-corrected chi connectivity index (χ2v) is 3.45. The normalized spacial score (nSPS) is 32.2. The number of hydrogen-bond acceptors (Lipinski definition) is 3. The molecule has 0 aromatic heterocycles. The molecule has 72 valence electrons. The third kappa shape index (κ3) is 1.97. The standard InChI is InChI=1S/C9H20N2O/c1-3-8(11-10)7-5-6-12-9(7)4-2/h7-9,11H,3-6,10H2,1-2H3. The van der Waals surface area contributed by atoms with Gasteiger partial charge in [-0.05, 0) is 19.3 Å². The van der Waals surface area contributed by atoms with Crippen LogP contribution in [-0.4, -0.2) is 18.8 Å². The average Bonchev–Trinajstić information content (AvgIpc) is 2.55. The monoisotopic (exact) mass is 172 g/mol. The number of hydrogen-bond donors (Lipinski definition) is 2. The van der Waals surface area contributed by atoms with Gasteiger partial charge in [0.1, 0.15) is 0 Å². The van der Waals surface area contributed by atoms with Gasteiger partial charge in [0.25, 0.3) is 0 Å². The van der Waals surface area contributed by atoms with Gasteiger partial charge in [0.15, 0.2) is 0 Å². The number of nitrogens with two attached hydrogens (primary N) is 1. The molecule has 0 radical (unpaired) electrons. The van der Waals surface area contributed by atoms with Crippen molar-refractivity contribution in [3.63, 3.8) is 0 Å². The summed E-state index contributed by atoms with van der Waals surface area (Å²) in [5.74, 6) is 6.09. The SMILES string of the molecule is CCC(NN)C1CCOC1CC. The Bertz CT molecular complexity index is 126. The number of hydrazine groups is 1. The minimum Gasteiger partial charge on any atom is -0.378 e. The van der Waals surface area contributed by atoms with Crippen molar-refractivity contribution in [2.45, 2.75) is 45.3 Å². The molecule has 3 atom stereocenters. The van der Waals surface area contributed by atoms with E-state index in [0.717, 1.165) is 25.9 Å². The highest BCUT2D eigenvalue weighted by atomic mass is 16.5. The quantitative estimate of drug-likeness (QED) is 0.492. The van der Waals surface area contributed by atoms with Gasteiger partial charge in [-0.25, -0.2) is 0 Å². The first-order chi connectivity index (χ1) is 5.83. The lowest BCUT2D eigenvalue weighted by molar-refractivity contribution is 0.0770. The zero-order valence-corrected chi connectivity index (χ0v) is 8.05. The van der Waals surface area contributed by atoms with Gasteiger partial charge in [-0.1, -0.05) is 13.8 Å². The summed E-state index contributed by atoms with van der Waals surface area (Å²) in [4.78, 5) is 0. The predicted molar refractivity (Wildman–Crippen MR) is 49.5 cm³/mol. The van der Waals surface area contributed by atoms with Gasteiger partial charge in [0.2, 0.25) is 0 Å². The van der Waals surface area contributed by atoms with E-state index in [-0.39, 0.29) is 0 Å². The molecule has 0 amide bonds. The van der Waals surface area contributed by atoms with Crippen molar-refractivity contribution < 1.29 is 4.74 Å². The first kappa shape index (κ1) is 9.96. The Balaban J connectivity index is 2.47. The Morgan fingerprint density at radius 2 is 2.33 bits per heavy atom. The van der Waals surface area contributed by atoms with E-state index in [2.05, 4.69) is 19.3 Å². The fourth-order valence-corrected chi connectivity index (χ4v) is 2.09. The first-order valence-electron chi connectivity index (χ1n) is 4.91. The molecule has 0 spiro atoms. The van der Waals surface area contributed by atoms with Crippen LogP contribution < -0.4 is 11.3 Å². The molecular weight excluding hydrogens is 152 g/mol. The van der Waals surface area contributed by atoms with Crippen LogP contribution in [0.1, 0.15) is 33.1 Å². The lowest BCUT2D eigenvalue weighted by Gasteiger charge is -2.25. The molecule has 3 unspecified atom stereocenters. The minimum atomic E-state index is 0.422. The molecule has 0 bridgehead atoms. The summed E-state index contributed by atoms with van der Waals surface area (Å²) in [5.41, 5.74) is 2.88. The maximum atomic E-state index is 5.60. The molecule has 1 rings (SSSR count). The van der Waals surface area contributed by atoms with Gasteiger partial charge >= 0.3 is 0 Å². The van der Waals surface area contributed by atoms with E-state index in [1.165, 1.54) is 0 Å². The molecule has 1 aliphatic rings. The topological polar surface area (TPSA) is 47.3 Å². The molecule has 0 aromatic carbocycles. The van der Waals surface area contributed by atoms with E-state index < -0.39 is 0 Å². The Hall–Kier alpha value is -0.120. The molecule has 3 heteroatoms. The molecule has 1 saturated heterocycles. The van der Waals surface area contributed by atoms with Crippen LogP contribution in [0.5, 0.6) is 0 Å². The zero-order valence-electron chi connectivity index (χ0n) is 8.05. The van der Waals surface area contributed by atoms with Gasteiger partial charge in [0, 0.05) is 18.6 Å². The fraction of sp³-hybridized carbons (Fsp3) is 1.00. The third-order valence-electron chi connectivity index (χ3n) is 2.83. The highest BCUT2D eigenvalue weighted by Crippen LogP contribution is 2.27. The Morgan fingerprint density at radius 3 is 2.83 bits per heavy atom. The summed E-state index contributed by atoms with van der Waals surface area (Å²) in [6.07, 6.45) is 3.76. The molecule has 3 nitrogen and oxygen atoms in total. The molecule has 1 heterocycles. The lowest BCUT2D eigenvalue weighted by Crippen LogP contribution is -2.43. The summed E-state index contributed by atoms with van der Waals surface area (Å²) < 4.78 is 5.60. The Labute approximate surface area is 74.6 Å². The van der Waals surface area contributed by atoms with Crippen molar-refractivity contribution in [2.24, 2.45) is 11.8 Å². The molecule has 12 heavy (non-hydrogen) atoms. The summed E-state index contributed by atoms with van der Waals surface area (Å²) in [7, 11) is 0. The smallest absolute Gasteiger partial charge is 0.0616 e. The molecular formula is C9H20N2O. The summed E-state index contributed by atoms with van der Waals surface area (Å²) in [6, 6.07) is 0.428. The molecule has 0 aromatic rings.